The molecule has 0 saturated carbocycles. The number of hydrogen-bond acceptors (Lipinski definition) is 6. The zero-order valence-electron chi connectivity index (χ0n) is 20.0. The maximum absolute atomic E-state index is 12.8. The number of carbonyl (C=O) groups excluding carboxylic acids is 1. The van der Waals surface area contributed by atoms with Gasteiger partial charge in [0.15, 0.2) is 5.17 Å². The summed E-state index contributed by atoms with van der Waals surface area (Å²) in [4.78, 5) is 19.7. The Kier molecular flexibility index (Phi) is 7.75. The van der Waals surface area contributed by atoms with Crippen molar-refractivity contribution in [3.05, 3.63) is 70.2 Å². The van der Waals surface area contributed by atoms with Crippen molar-refractivity contribution in [1.29, 1.82) is 0 Å². The number of unbranched alkanes of at least 4 members (excludes halogenated alkanes) is 1. The van der Waals surface area contributed by atoms with Crippen LogP contribution in [0.3, 0.4) is 0 Å². The van der Waals surface area contributed by atoms with Gasteiger partial charge in [-0.25, -0.2) is 4.68 Å². The molecule has 0 atom stereocenters. The van der Waals surface area contributed by atoms with Gasteiger partial charge in [0.25, 0.3) is 5.91 Å². The number of aliphatic imine (C=N–C) groups is 1. The Morgan fingerprint density at radius 3 is 2.72 bits per heavy atom. The van der Waals surface area contributed by atoms with E-state index in [1.165, 1.54) is 11.8 Å². The number of nitrogens with zero attached hydrogens (tertiary/aromatic N) is 4. The molecule has 1 saturated heterocycles. The normalized spacial score (nSPS) is 17.1. The number of halogens is 1. The standard InChI is InChI=1S/C27H27ClN4O3S/c1-2-3-13-35-23-10-9-19(16-22(23)28)25-20(18-32(30-25)21-7-5-4-6-8-21)17-24-26(33)29-27(36-24)31-11-14-34-15-12-31/h4-10,16-18H,2-3,11-15H2,1H3. The fraction of sp³-hybridized carbons (Fsp3) is 0.296. The second kappa shape index (κ2) is 11.3. The number of aromatic nitrogens is 2. The number of carbonyl (C=O) groups is 1. The van der Waals surface area contributed by atoms with Crippen LogP contribution in [0.2, 0.25) is 5.02 Å². The zero-order valence-corrected chi connectivity index (χ0v) is 21.6. The molecule has 0 bridgehead atoms. The minimum Gasteiger partial charge on any atom is -0.492 e. The Morgan fingerprint density at radius 1 is 1.17 bits per heavy atom. The summed E-state index contributed by atoms with van der Waals surface area (Å²) in [7, 11) is 0. The third kappa shape index (κ3) is 5.51. The highest BCUT2D eigenvalue weighted by Gasteiger charge is 2.28. The fourth-order valence-electron chi connectivity index (χ4n) is 3.95. The molecular weight excluding hydrogens is 496 g/mol. The Bertz CT molecular complexity index is 1300. The molecule has 1 amide bonds. The number of benzene rings is 2. The molecule has 3 heterocycles. The van der Waals surface area contributed by atoms with E-state index in [-0.39, 0.29) is 5.91 Å². The molecule has 0 N–H and O–H groups in total. The van der Waals surface area contributed by atoms with Gasteiger partial charge in [-0.2, -0.15) is 10.1 Å². The second-order valence-corrected chi connectivity index (χ2v) is 9.89. The summed E-state index contributed by atoms with van der Waals surface area (Å²) in [6.45, 7) is 5.48. The van der Waals surface area contributed by atoms with E-state index in [0.717, 1.165) is 53.6 Å². The first-order valence-electron chi connectivity index (χ1n) is 12.1. The molecule has 0 aliphatic carbocycles. The predicted molar refractivity (Wildman–Crippen MR) is 145 cm³/mol. The van der Waals surface area contributed by atoms with Crippen molar-refractivity contribution in [3.63, 3.8) is 0 Å². The van der Waals surface area contributed by atoms with Gasteiger partial charge in [-0.1, -0.05) is 43.1 Å². The van der Waals surface area contributed by atoms with Gasteiger partial charge < -0.3 is 14.4 Å². The van der Waals surface area contributed by atoms with E-state index in [1.807, 2.05) is 65.5 Å². The lowest BCUT2D eigenvalue weighted by Crippen LogP contribution is -2.38. The van der Waals surface area contributed by atoms with Crippen molar-refractivity contribution in [3.8, 4) is 22.7 Å². The summed E-state index contributed by atoms with van der Waals surface area (Å²) in [5.41, 5.74) is 3.30. The van der Waals surface area contributed by atoms with Crippen molar-refractivity contribution < 1.29 is 14.3 Å². The molecule has 7 nitrogen and oxygen atoms in total. The number of para-hydroxylation sites is 1. The van der Waals surface area contributed by atoms with Crippen molar-refractivity contribution in [2.24, 2.45) is 4.99 Å². The highest BCUT2D eigenvalue weighted by molar-refractivity contribution is 8.18. The topological polar surface area (TPSA) is 68.9 Å². The SMILES string of the molecule is CCCCOc1ccc(-c2nn(-c3ccccc3)cc2C=C2SC(N3CCOCC3)=NC2=O)cc1Cl. The minimum atomic E-state index is -0.238. The molecule has 186 valence electrons. The molecule has 5 rings (SSSR count). The van der Waals surface area contributed by atoms with Gasteiger partial charge >= 0.3 is 0 Å². The number of ether oxygens (including phenoxy) is 2. The Hall–Kier alpha value is -3.07. The number of rotatable bonds is 7. The highest BCUT2D eigenvalue weighted by Crippen LogP contribution is 2.35. The number of amidine groups is 1. The van der Waals surface area contributed by atoms with Gasteiger partial charge in [0.05, 0.1) is 35.4 Å². The first kappa shape index (κ1) is 24.6. The molecule has 2 aliphatic rings. The summed E-state index contributed by atoms with van der Waals surface area (Å²) >= 11 is 7.96. The van der Waals surface area contributed by atoms with Crippen molar-refractivity contribution in [1.82, 2.24) is 14.7 Å². The monoisotopic (exact) mass is 522 g/mol. The first-order chi connectivity index (χ1) is 17.6. The van der Waals surface area contributed by atoms with Crippen molar-refractivity contribution in [2.45, 2.75) is 19.8 Å². The van der Waals surface area contributed by atoms with E-state index in [2.05, 4.69) is 16.8 Å². The lowest BCUT2D eigenvalue weighted by atomic mass is 10.1. The van der Waals surface area contributed by atoms with Crippen LogP contribution < -0.4 is 4.74 Å². The van der Waals surface area contributed by atoms with E-state index in [1.54, 1.807) is 0 Å². The van der Waals surface area contributed by atoms with Crippen LogP contribution in [0.25, 0.3) is 23.0 Å². The molecule has 0 spiro atoms. The summed E-state index contributed by atoms with van der Waals surface area (Å²) in [6.07, 6.45) is 5.82. The van der Waals surface area contributed by atoms with Crippen LogP contribution in [0.1, 0.15) is 25.3 Å². The number of hydrogen-bond donors (Lipinski definition) is 0. The molecule has 0 unspecified atom stereocenters. The molecule has 2 aliphatic heterocycles. The van der Waals surface area contributed by atoms with Crippen molar-refractivity contribution in [2.75, 3.05) is 32.9 Å². The average molecular weight is 523 g/mol. The Balaban J connectivity index is 1.48. The zero-order chi connectivity index (χ0) is 24.9. The molecule has 36 heavy (non-hydrogen) atoms. The summed E-state index contributed by atoms with van der Waals surface area (Å²) < 4.78 is 13.1. The van der Waals surface area contributed by atoms with E-state index in [4.69, 9.17) is 26.2 Å². The van der Waals surface area contributed by atoms with Crippen LogP contribution in [0.4, 0.5) is 0 Å². The third-order valence-corrected chi connectivity index (χ3v) is 7.24. The van der Waals surface area contributed by atoms with Gasteiger partial charge in [0.2, 0.25) is 0 Å². The largest absolute Gasteiger partial charge is 0.492 e. The van der Waals surface area contributed by atoms with Gasteiger partial charge in [0, 0.05) is 30.4 Å². The minimum absolute atomic E-state index is 0.238. The predicted octanol–water partition coefficient (Wildman–Crippen LogP) is 5.67. The summed E-state index contributed by atoms with van der Waals surface area (Å²) in [5.74, 6) is 0.416. The van der Waals surface area contributed by atoms with Crippen LogP contribution in [-0.2, 0) is 9.53 Å². The number of amides is 1. The maximum Gasteiger partial charge on any atom is 0.286 e. The lowest BCUT2D eigenvalue weighted by molar-refractivity contribution is -0.113. The molecule has 9 heteroatoms. The van der Waals surface area contributed by atoms with E-state index in [0.29, 0.717) is 35.5 Å². The second-order valence-electron chi connectivity index (χ2n) is 8.47. The average Bonchev–Trinajstić information content (AvgIpc) is 3.50. The van der Waals surface area contributed by atoms with Crippen LogP contribution in [0.15, 0.2) is 64.6 Å². The van der Waals surface area contributed by atoms with Gasteiger partial charge in [-0.3, -0.25) is 4.79 Å². The Labute approximate surface area is 219 Å². The van der Waals surface area contributed by atoms with Crippen molar-refractivity contribution >= 4 is 40.5 Å². The summed E-state index contributed by atoms with van der Waals surface area (Å²) in [5, 5.41) is 6.11. The molecule has 1 aromatic heterocycles. The van der Waals surface area contributed by atoms with Crippen LogP contribution >= 0.6 is 23.4 Å². The third-order valence-electron chi connectivity index (χ3n) is 5.90. The van der Waals surface area contributed by atoms with E-state index >= 15 is 0 Å². The molecular formula is C27H27ClN4O3S. The Morgan fingerprint density at radius 2 is 1.97 bits per heavy atom. The quantitative estimate of drug-likeness (QED) is 0.294. The highest BCUT2D eigenvalue weighted by atomic mass is 35.5. The number of thioether (sulfide) groups is 1. The lowest BCUT2D eigenvalue weighted by Gasteiger charge is -2.27. The molecule has 2 aromatic carbocycles. The fourth-order valence-corrected chi connectivity index (χ4v) is 5.14. The van der Waals surface area contributed by atoms with Crippen LogP contribution in [-0.4, -0.2) is 58.7 Å². The maximum atomic E-state index is 12.8. The molecule has 3 aromatic rings. The van der Waals surface area contributed by atoms with Crippen LogP contribution in [0, 0.1) is 0 Å². The van der Waals surface area contributed by atoms with Gasteiger partial charge in [0.1, 0.15) is 11.4 Å². The molecule has 0 radical (unpaired) electrons. The summed E-state index contributed by atoms with van der Waals surface area (Å²) in [6, 6.07) is 15.6. The molecule has 1 fully saturated rings. The van der Waals surface area contributed by atoms with Crippen LogP contribution in [0.5, 0.6) is 5.75 Å². The van der Waals surface area contributed by atoms with Gasteiger partial charge in [-0.05, 0) is 54.6 Å². The smallest absolute Gasteiger partial charge is 0.286 e. The first-order valence-corrected chi connectivity index (χ1v) is 13.2. The van der Waals surface area contributed by atoms with E-state index < -0.39 is 0 Å². The van der Waals surface area contributed by atoms with E-state index in [9.17, 15) is 4.79 Å². The number of morpholine rings is 1. The van der Waals surface area contributed by atoms with Gasteiger partial charge in [-0.15, -0.1) is 0 Å².